The number of piperidine rings is 1. The van der Waals surface area contributed by atoms with E-state index in [9.17, 15) is 18.8 Å². The molecule has 8 heteroatoms. The second-order valence-corrected chi connectivity index (χ2v) is 9.52. The Morgan fingerprint density at radius 2 is 1.86 bits per heavy atom. The molecule has 0 radical (unpaired) electrons. The van der Waals surface area contributed by atoms with E-state index in [0.717, 1.165) is 11.1 Å². The highest BCUT2D eigenvalue weighted by atomic mass is 19.1. The Bertz CT molecular complexity index is 1130. The summed E-state index contributed by atoms with van der Waals surface area (Å²) in [5.41, 5.74) is 2.30. The summed E-state index contributed by atoms with van der Waals surface area (Å²) in [5.74, 6) is -0.935. The number of hydrogen-bond acceptors (Lipinski definition) is 4. The van der Waals surface area contributed by atoms with E-state index in [-0.39, 0.29) is 43.1 Å². The summed E-state index contributed by atoms with van der Waals surface area (Å²) >= 11 is 0. The maximum Gasteiger partial charge on any atom is 0.325 e. The Morgan fingerprint density at radius 1 is 1.11 bits per heavy atom. The smallest absolute Gasteiger partial charge is 0.325 e. The molecular weight excluding hydrogens is 449 g/mol. The number of imide groups is 1. The molecule has 186 valence electrons. The predicted molar refractivity (Wildman–Crippen MR) is 129 cm³/mol. The molecule has 4 rings (SSSR count). The molecule has 35 heavy (non-hydrogen) atoms. The van der Waals surface area contributed by atoms with Gasteiger partial charge in [-0.3, -0.25) is 14.5 Å². The average Bonchev–Trinajstić information content (AvgIpc) is 3.08. The van der Waals surface area contributed by atoms with Crippen LogP contribution in [0, 0.1) is 25.6 Å². The molecule has 0 spiro atoms. The molecule has 0 unspecified atom stereocenters. The zero-order valence-electron chi connectivity index (χ0n) is 20.5. The van der Waals surface area contributed by atoms with Gasteiger partial charge < -0.3 is 15.0 Å². The number of likely N-dealkylation sites (tertiary alicyclic amines) is 1. The van der Waals surface area contributed by atoms with Gasteiger partial charge in [0.15, 0.2) is 0 Å². The SMILES string of the molecule is COCCN1C(=O)N[C@](Cc2cccc(F)c2)(C2CCN(C(=O)c3ccc(C)c(C)c3)CC2)C1=O. The van der Waals surface area contributed by atoms with E-state index < -0.39 is 11.6 Å². The molecule has 1 N–H and O–H groups in total. The van der Waals surface area contributed by atoms with Crippen molar-refractivity contribution in [1.29, 1.82) is 0 Å². The van der Waals surface area contributed by atoms with E-state index in [1.807, 2.05) is 32.0 Å². The summed E-state index contributed by atoms with van der Waals surface area (Å²) < 4.78 is 19.0. The molecule has 0 aliphatic carbocycles. The Morgan fingerprint density at radius 3 is 2.51 bits per heavy atom. The highest BCUT2D eigenvalue weighted by Crippen LogP contribution is 2.37. The van der Waals surface area contributed by atoms with Crippen molar-refractivity contribution in [3.8, 4) is 0 Å². The molecule has 2 fully saturated rings. The first-order valence-corrected chi connectivity index (χ1v) is 12.0. The number of benzene rings is 2. The van der Waals surface area contributed by atoms with Crippen LogP contribution in [0.5, 0.6) is 0 Å². The third-order valence-electron chi connectivity index (χ3n) is 7.33. The molecule has 2 aromatic carbocycles. The van der Waals surface area contributed by atoms with Gasteiger partial charge in [-0.05, 0) is 73.6 Å². The molecule has 2 aliphatic rings. The summed E-state index contributed by atoms with van der Waals surface area (Å²) in [7, 11) is 1.51. The summed E-state index contributed by atoms with van der Waals surface area (Å²) in [6.45, 7) is 5.33. The number of rotatable bonds is 7. The molecule has 2 heterocycles. The minimum absolute atomic E-state index is 0.0331. The lowest BCUT2D eigenvalue weighted by molar-refractivity contribution is -0.134. The summed E-state index contributed by atoms with van der Waals surface area (Å²) in [5, 5.41) is 2.96. The summed E-state index contributed by atoms with van der Waals surface area (Å²) in [4.78, 5) is 42.6. The molecule has 4 amide bonds. The van der Waals surface area contributed by atoms with E-state index in [1.165, 1.54) is 24.1 Å². The number of methoxy groups -OCH3 is 1. The number of carbonyl (C=O) groups excluding carboxylic acids is 3. The van der Waals surface area contributed by atoms with Gasteiger partial charge in [-0.15, -0.1) is 0 Å². The third-order valence-corrected chi connectivity index (χ3v) is 7.33. The Hall–Kier alpha value is -3.26. The number of aryl methyl sites for hydroxylation is 2. The quantitative estimate of drug-likeness (QED) is 0.615. The topological polar surface area (TPSA) is 79.0 Å². The number of carbonyl (C=O) groups is 3. The Balaban J connectivity index is 1.56. The number of nitrogens with one attached hydrogen (secondary N) is 1. The first-order valence-electron chi connectivity index (χ1n) is 12.0. The zero-order valence-corrected chi connectivity index (χ0v) is 20.5. The van der Waals surface area contributed by atoms with Crippen LogP contribution in [0.25, 0.3) is 0 Å². The number of ether oxygens (including phenoxy) is 1. The third kappa shape index (κ3) is 4.93. The largest absolute Gasteiger partial charge is 0.383 e. The molecule has 0 aromatic heterocycles. The fourth-order valence-electron chi connectivity index (χ4n) is 5.17. The van der Waals surface area contributed by atoms with Crippen molar-refractivity contribution < 1.29 is 23.5 Å². The van der Waals surface area contributed by atoms with Crippen molar-refractivity contribution in [3.05, 3.63) is 70.5 Å². The Labute approximate surface area is 205 Å². The maximum absolute atomic E-state index is 13.9. The van der Waals surface area contributed by atoms with E-state index >= 15 is 0 Å². The van der Waals surface area contributed by atoms with Gasteiger partial charge in [-0.1, -0.05) is 18.2 Å². The van der Waals surface area contributed by atoms with Gasteiger partial charge in [0.2, 0.25) is 0 Å². The highest BCUT2D eigenvalue weighted by Gasteiger charge is 2.55. The van der Waals surface area contributed by atoms with Crippen molar-refractivity contribution in [2.45, 2.75) is 38.6 Å². The lowest BCUT2D eigenvalue weighted by Gasteiger charge is -2.41. The van der Waals surface area contributed by atoms with Crippen LogP contribution in [0.3, 0.4) is 0 Å². The van der Waals surface area contributed by atoms with Crippen molar-refractivity contribution in [1.82, 2.24) is 15.1 Å². The van der Waals surface area contributed by atoms with E-state index in [2.05, 4.69) is 5.32 Å². The summed E-state index contributed by atoms with van der Waals surface area (Å²) in [6, 6.07) is 11.4. The monoisotopic (exact) mass is 481 g/mol. The fourth-order valence-corrected chi connectivity index (χ4v) is 5.17. The zero-order chi connectivity index (χ0) is 25.2. The predicted octanol–water partition coefficient (Wildman–Crippen LogP) is 3.47. The first kappa shape index (κ1) is 24.9. The van der Waals surface area contributed by atoms with Crippen molar-refractivity contribution in [2.75, 3.05) is 33.4 Å². The second kappa shape index (κ2) is 10.2. The van der Waals surface area contributed by atoms with Crippen LogP contribution >= 0.6 is 0 Å². The average molecular weight is 482 g/mol. The van der Waals surface area contributed by atoms with Crippen LogP contribution < -0.4 is 5.32 Å². The lowest BCUT2D eigenvalue weighted by atomic mass is 9.73. The van der Waals surface area contributed by atoms with Crippen LogP contribution in [-0.4, -0.2) is 66.5 Å². The van der Waals surface area contributed by atoms with Crippen LogP contribution in [0.2, 0.25) is 0 Å². The maximum atomic E-state index is 13.9. The van der Waals surface area contributed by atoms with Crippen molar-refractivity contribution >= 4 is 17.8 Å². The van der Waals surface area contributed by atoms with Crippen molar-refractivity contribution in [3.63, 3.8) is 0 Å². The lowest BCUT2D eigenvalue weighted by Crippen LogP contribution is -2.58. The minimum Gasteiger partial charge on any atom is -0.383 e. The van der Waals surface area contributed by atoms with E-state index in [0.29, 0.717) is 37.1 Å². The van der Waals surface area contributed by atoms with Gasteiger partial charge in [-0.25, -0.2) is 9.18 Å². The number of halogens is 1. The number of amides is 4. The minimum atomic E-state index is -1.19. The van der Waals surface area contributed by atoms with Gasteiger partial charge in [0, 0.05) is 32.2 Å². The molecule has 0 saturated carbocycles. The molecule has 7 nitrogen and oxygen atoms in total. The van der Waals surface area contributed by atoms with E-state index in [4.69, 9.17) is 4.74 Å². The van der Waals surface area contributed by atoms with Gasteiger partial charge >= 0.3 is 6.03 Å². The molecular formula is C27H32FN3O4. The van der Waals surface area contributed by atoms with Crippen molar-refractivity contribution in [2.24, 2.45) is 5.92 Å². The van der Waals surface area contributed by atoms with Crippen LogP contribution in [0.1, 0.15) is 39.9 Å². The molecule has 2 aliphatic heterocycles. The molecule has 2 aromatic rings. The summed E-state index contributed by atoms with van der Waals surface area (Å²) in [6.07, 6.45) is 1.29. The van der Waals surface area contributed by atoms with Gasteiger partial charge in [-0.2, -0.15) is 0 Å². The number of urea groups is 1. The fraction of sp³-hybridized carbons (Fsp3) is 0.444. The standard InChI is InChI=1S/C27H32FN3O4/c1-18-7-8-21(15-19(18)2)24(32)30-11-9-22(10-12-30)27(17-20-5-4-6-23(28)16-20)25(33)31(13-14-35-3)26(34)29-27/h4-8,15-16,22H,9-14,17H2,1-3H3,(H,29,34)/t27-/m1/s1. The van der Waals surface area contributed by atoms with Gasteiger partial charge in [0.1, 0.15) is 11.4 Å². The molecule has 0 bridgehead atoms. The van der Waals surface area contributed by atoms with Gasteiger partial charge in [0.05, 0.1) is 13.2 Å². The molecule has 2 saturated heterocycles. The van der Waals surface area contributed by atoms with Crippen LogP contribution in [0.15, 0.2) is 42.5 Å². The molecule has 1 atom stereocenters. The number of nitrogens with zero attached hydrogens (tertiary/aromatic N) is 2. The normalized spacial score (nSPS) is 20.9. The Kier molecular flexibility index (Phi) is 7.21. The second-order valence-electron chi connectivity index (χ2n) is 9.52. The highest BCUT2D eigenvalue weighted by molar-refractivity contribution is 6.07. The number of hydrogen-bond donors (Lipinski definition) is 1. The van der Waals surface area contributed by atoms with E-state index in [1.54, 1.807) is 17.0 Å². The van der Waals surface area contributed by atoms with Crippen LogP contribution in [0.4, 0.5) is 9.18 Å². The van der Waals surface area contributed by atoms with Crippen LogP contribution in [-0.2, 0) is 16.0 Å². The first-order chi connectivity index (χ1) is 16.7. The van der Waals surface area contributed by atoms with Gasteiger partial charge in [0.25, 0.3) is 11.8 Å².